The van der Waals surface area contributed by atoms with Gasteiger partial charge in [-0.25, -0.2) is 4.79 Å². The second-order valence-electron chi connectivity index (χ2n) is 6.80. The fourth-order valence-electron chi connectivity index (χ4n) is 4.00. The van der Waals surface area contributed by atoms with E-state index in [-0.39, 0.29) is 11.1 Å². The van der Waals surface area contributed by atoms with Crippen LogP contribution in [0.4, 0.5) is 5.69 Å². The molecule has 8 nitrogen and oxygen atoms in total. The van der Waals surface area contributed by atoms with Crippen LogP contribution >= 0.6 is 15.9 Å². The number of carbonyl (C=O) groups excluding carboxylic acids is 3. The summed E-state index contributed by atoms with van der Waals surface area (Å²) in [6, 6.07) is 3.88. The van der Waals surface area contributed by atoms with Gasteiger partial charge in [-0.1, -0.05) is 0 Å². The average Bonchev–Trinajstić information content (AvgIpc) is 2.98. The van der Waals surface area contributed by atoms with Crippen LogP contribution in [0, 0.1) is 11.8 Å². The summed E-state index contributed by atoms with van der Waals surface area (Å²) in [7, 11) is 0. The minimum absolute atomic E-state index is 0.215. The fraction of sp³-hybridized carbons (Fsp3) is 0.353. The molecule has 0 spiro atoms. The quantitative estimate of drug-likeness (QED) is 0.467. The monoisotopic (exact) mass is 422 g/mol. The summed E-state index contributed by atoms with van der Waals surface area (Å²) in [5.74, 6) is -3.37. The Kier molecular flexibility index (Phi) is 3.64. The van der Waals surface area contributed by atoms with E-state index in [2.05, 4.69) is 21.2 Å². The SMILES string of the molecule is C[C@]1(O)[C@@H](OC(=O)c2ccc(N)cc2Br)[C@H]2NC(=O)C3=COC(=O)[C@H]1[C@@H]32. The first-order valence-electron chi connectivity index (χ1n) is 7.91. The van der Waals surface area contributed by atoms with Crippen molar-refractivity contribution in [1.29, 1.82) is 0 Å². The maximum Gasteiger partial charge on any atom is 0.339 e. The number of benzene rings is 1. The average molecular weight is 423 g/mol. The van der Waals surface area contributed by atoms with Gasteiger partial charge >= 0.3 is 11.9 Å². The molecule has 1 saturated heterocycles. The molecule has 1 aliphatic carbocycles. The highest BCUT2D eigenvalue weighted by molar-refractivity contribution is 9.10. The Morgan fingerprint density at radius 1 is 1.42 bits per heavy atom. The van der Waals surface area contributed by atoms with Gasteiger partial charge in [0.25, 0.3) is 5.91 Å². The zero-order valence-electron chi connectivity index (χ0n) is 13.6. The molecule has 2 fully saturated rings. The van der Waals surface area contributed by atoms with Crippen molar-refractivity contribution >= 4 is 39.5 Å². The molecule has 0 bridgehead atoms. The number of amides is 1. The van der Waals surface area contributed by atoms with Crippen LogP contribution in [0.1, 0.15) is 17.3 Å². The Hall–Kier alpha value is -2.39. The minimum atomic E-state index is -1.70. The van der Waals surface area contributed by atoms with Gasteiger partial charge < -0.3 is 25.6 Å². The van der Waals surface area contributed by atoms with Crippen molar-refractivity contribution < 1.29 is 29.0 Å². The second-order valence-corrected chi connectivity index (χ2v) is 7.66. The summed E-state index contributed by atoms with van der Waals surface area (Å²) in [6.07, 6.45) is -0.00896. The van der Waals surface area contributed by atoms with E-state index in [1.54, 1.807) is 12.1 Å². The second kappa shape index (κ2) is 5.55. The Morgan fingerprint density at radius 2 is 2.15 bits per heavy atom. The van der Waals surface area contributed by atoms with Gasteiger partial charge in [-0.3, -0.25) is 9.59 Å². The number of ether oxygens (including phenoxy) is 2. The van der Waals surface area contributed by atoms with E-state index in [0.717, 1.165) is 6.26 Å². The molecular weight excluding hydrogens is 408 g/mol. The van der Waals surface area contributed by atoms with Gasteiger partial charge in [-0.05, 0) is 41.1 Å². The maximum absolute atomic E-state index is 12.6. The molecule has 2 aliphatic heterocycles. The van der Waals surface area contributed by atoms with Crippen LogP contribution in [0.5, 0.6) is 0 Å². The highest BCUT2D eigenvalue weighted by Crippen LogP contribution is 2.50. The van der Waals surface area contributed by atoms with Crippen molar-refractivity contribution in [2.24, 2.45) is 11.8 Å². The maximum atomic E-state index is 12.6. The molecule has 9 heteroatoms. The predicted molar refractivity (Wildman–Crippen MR) is 91.5 cm³/mol. The molecule has 2 heterocycles. The lowest BCUT2D eigenvalue weighted by molar-refractivity contribution is -0.158. The van der Waals surface area contributed by atoms with Crippen LogP contribution in [-0.2, 0) is 19.1 Å². The van der Waals surface area contributed by atoms with Crippen molar-refractivity contribution in [1.82, 2.24) is 5.32 Å². The molecule has 136 valence electrons. The fourth-order valence-corrected chi connectivity index (χ4v) is 4.56. The topological polar surface area (TPSA) is 128 Å². The first-order valence-corrected chi connectivity index (χ1v) is 8.71. The van der Waals surface area contributed by atoms with E-state index in [9.17, 15) is 19.5 Å². The molecule has 26 heavy (non-hydrogen) atoms. The minimum Gasteiger partial charge on any atom is -0.453 e. The van der Waals surface area contributed by atoms with Gasteiger partial charge in [0, 0.05) is 16.1 Å². The number of cyclic esters (lactones) is 1. The number of hydrogen-bond donors (Lipinski definition) is 3. The van der Waals surface area contributed by atoms with Crippen LogP contribution < -0.4 is 11.1 Å². The normalized spacial score (nSPS) is 34.7. The largest absolute Gasteiger partial charge is 0.453 e. The van der Waals surface area contributed by atoms with E-state index in [4.69, 9.17) is 15.2 Å². The Balaban J connectivity index is 1.68. The number of rotatable bonds is 2. The van der Waals surface area contributed by atoms with Crippen LogP contribution in [0.2, 0.25) is 0 Å². The zero-order valence-corrected chi connectivity index (χ0v) is 15.1. The Bertz CT molecular complexity index is 880. The molecule has 4 rings (SSSR count). The van der Waals surface area contributed by atoms with Crippen LogP contribution in [-0.4, -0.2) is 40.7 Å². The number of halogens is 1. The van der Waals surface area contributed by atoms with Crippen molar-refractivity contribution in [3.05, 3.63) is 40.1 Å². The van der Waals surface area contributed by atoms with Crippen LogP contribution in [0.3, 0.4) is 0 Å². The first kappa shape index (κ1) is 17.0. The van der Waals surface area contributed by atoms with E-state index < -0.39 is 47.4 Å². The van der Waals surface area contributed by atoms with Crippen molar-refractivity contribution in [2.45, 2.75) is 24.7 Å². The van der Waals surface area contributed by atoms with Gasteiger partial charge in [0.1, 0.15) is 11.9 Å². The molecule has 1 aromatic rings. The number of carbonyl (C=O) groups is 3. The summed E-state index contributed by atoms with van der Waals surface area (Å²) in [5, 5.41) is 13.6. The van der Waals surface area contributed by atoms with Crippen LogP contribution in [0.25, 0.3) is 0 Å². The number of aliphatic hydroxyl groups is 1. The lowest BCUT2D eigenvalue weighted by Gasteiger charge is -2.32. The third-order valence-electron chi connectivity index (χ3n) is 5.20. The summed E-state index contributed by atoms with van der Waals surface area (Å²) in [5.41, 5.74) is 4.92. The lowest BCUT2D eigenvalue weighted by Crippen LogP contribution is -2.51. The van der Waals surface area contributed by atoms with Gasteiger partial charge in [0.2, 0.25) is 0 Å². The standard InChI is InChI=1S/C17H15BrN2O6/c1-17(24)11-10-8(5-25-16(11)23)14(21)20-12(10)13(17)26-15(22)7-3-2-6(19)4-9(7)18/h2-5,10-13,24H,19H2,1H3,(H,20,21)/t10-,11-,12+,13+,17-/m1/s1. The van der Waals surface area contributed by atoms with Crippen molar-refractivity contribution in [2.75, 3.05) is 5.73 Å². The highest BCUT2D eigenvalue weighted by atomic mass is 79.9. The van der Waals surface area contributed by atoms with Crippen LogP contribution in [0.15, 0.2) is 34.5 Å². The molecule has 1 aromatic carbocycles. The van der Waals surface area contributed by atoms with E-state index in [1.165, 1.54) is 13.0 Å². The number of hydrogen-bond acceptors (Lipinski definition) is 7. The number of anilines is 1. The highest BCUT2D eigenvalue weighted by Gasteiger charge is 2.68. The van der Waals surface area contributed by atoms with Gasteiger partial charge in [-0.2, -0.15) is 0 Å². The molecule has 3 aliphatic rings. The van der Waals surface area contributed by atoms with Crippen molar-refractivity contribution in [3.63, 3.8) is 0 Å². The molecule has 0 radical (unpaired) electrons. The molecule has 1 saturated carbocycles. The van der Waals surface area contributed by atoms with Gasteiger partial charge in [-0.15, -0.1) is 0 Å². The number of nitrogens with one attached hydrogen (secondary N) is 1. The third kappa shape index (κ3) is 2.27. The Labute approximate surface area is 156 Å². The number of nitrogen functional groups attached to an aromatic ring is 1. The van der Waals surface area contributed by atoms with Gasteiger partial charge in [0.15, 0.2) is 6.10 Å². The summed E-state index contributed by atoms with van der Waals surface area (Å²) >= 11 is 3.25. The van der Waals surface area contributed by atoms with Gasteiger partial charge in [0.05, 0.1) is 23.1 Å². The first-order chi connectivity index (χ1) is 12.2. The predicted octanol–water partition coefficient (Wildman–Crippen LogP) is 0.493. The number of esters is 2. The molecular formula is C17H15BrN2O6. The van der Waals surface area contributed by atoms with E-state index >= 15 is 0 Å². The van der Waals surface area contributed by atoms with E-state index in [1.807, 2.05) is 0 Å². The number of nitrogens with two attached hydrogens (primary N) is 1. The zero-order chi connectivity index (χ0) is 18.8. The summed E-state index contributed by atoms with van der Waals surface area (Å²) in [6.45, 7) is 1.41. The smallest absolute Gasteiger partial charge is 0.339 e. The summed E-state index contributed by atoms with van der Waals surface area (Å²) in [4.78, 5) is 36.9. The molecule has 5 atom stereocenters. The molecule has 0 unspecified atom stereocenters. The third-order valence-corrected chi connectivity index (χ3v) is 5.86. The lowest BCUT2D eigenvalue weighted by atomic mass is 9.82. The Morgan fingerprint density at radius 3 is 2.85 bits per heavy atom. The van der Waals surface area contributed by atoms with E-state index in [0.29, 0.717) is 10.2 Å². The molecule has 1 amide bonds. The molecule has 4 N–H and O–H groups in total. The summed E-state index contributed by atoms with van der Waals surface area (Å²) < 4.78 is 10.9. The van der Waals surface area contributed by atoms with Crippen molar-refractivity contribution in [3.8, 4) is 0 Å². The molecule has 0 aromatic heterocycles.